The highest BCUT2D eigenvalue weighted by Crippen LogP contribution is 2.46. The van der Waals surface area contributed by atoms with E-state index in [0.29, 0.717) is 5.92 Å². The van der Waals surface area contributed by atoms with E-state index in [1.807, 2.05) is 0 Å². The minimum absolute atomic E-state index is 0.00396. The molecule has 3 aliphatic heterocycles. The van der Waals surface area contributed by atoms with E-state index in [4.69, 9.17) is 19.9 Å². The fraction of sp³-hybridized carbons (Fsp3) is 0.459. The number of hydrogen-bond acceptors (Lipinski definition) is 5. The SMILES string of the molecule is CC(C)(C)c1nc(-c2ccccc2)c2c(n1)C1CCN2CC1.CC(C)(C)c1nc2c(c(-c3ccccc3)n1)CCCC2. The number of aromatic nitrogens is 4. The Labute approximate surface area is 251 Å². The summed E-state index contributed by atoms with van der Waals surface area (Å²) in [5, 5.41) is 0. The third-order valence-electron chi connectivity index (χ3n) is 8.73. The summed E-state index contributed by atoms with van der Waals surface area (Å²) in [4.78, 5) is 22.3. The van der Waals surface area contributed by atoms with Gasteiger partial charge in [-0.05, 0) is 38.5 Å². The number of fused-ring (bicyclic) bond motifs is 3. The van der Waals surface area contributed by atoms with Crippen LogP contribution in [-0.2, 0) is 23.7 Å². The Hall–Kier alpha value is -3.60. The Morgan fingerprint density at radius 3 is 1.74 bits per heavy atom. The molecule has 1 fully saturated rings. The lowest BCUT2D eigenvalue weighted by molar-refractivity contribution is 0.451. The summed E-state index contributed by atoms with van der Waals surface area (Å²) >= 11 is 0. The van der Waals surface area contributed by atoms with Crippen molar-refractivity contribution in [1.29, 1.82) is 0 Å². The maximum absolute atomic E-state index is 5.00. The van der Waals surface area contributed by atoms with E-state index < -0.39 is 0 Å². The number of rotatable bonds is 2. The van der Waals surface area contributed by atoms with Gasteiger partial charge >= 0.3 is 0 Å². The number of anilines is 1. The van der Waals surface area contributed by atoms with Gasteiger partial charge in [0.25, 0.3) is 0 Å². The predicted molar refractivity (Wildman–Crippen MR) is 173 cm³/mol. The van der Waals surface area contributed by atoms with Gasteiger partial charge in [0.2, 0.25) is 0 Å². The van der Waals surface area contributed by atoms with E-state index in [-0.39, 0.29) is 10.8 Å². The van der Waals surface area contributed by atoms with Crippen molar-refractivity contribution >= 4 is 5.69 Å². The average Bonchev–Trinajstić information content (AvgIpc) is 3.01. The predicted octanol–water partition coefficient (Wildman–Crippen LogP) is 8.46. The van der Waals surface area contributed by atoms with Crippen LogP contribution in [0.1, 0.15) is 102 Å². The Kier molecular flexibility index (Phi) is 7.63. The van der Waals surface area contributed by atoms with E-state index in [9.17, 15) is 0 Å². The standard InChI is InChI=1S/C19H23N3.C18H22N2/c1-19(2,3)18-20-15(13-7-5-4-6-8-13)17-16(21-18)14-9-11-22(17)12-10-14;1-18(2,3)17-19-15-12-8-7-11-14(15)16(20-17)13-9-5-4-6-10-13/h4-8,14H,9-12H2,1-3H3;4-6,9-10H,7-8,11-12H2,1-3H3. The molecule has 42 heavy (non-hydrogen) atoms. The van der Waals surface area contributed by atoms with Gasteiger partial charge in [-0.25, -0.2) is 19.9 Å². The lowest BCUT2D eigenvalue weighted by atomic mass is 9.84. The van der Waals surface area contributed by atoms with Gasteiger partial charge in [0.05, 0.1) is 22.8 Å². The van der Waals surface area contributed by atoms with E-state index >= 15 is 0 Å². The van der Waals surface area contributed by atoms with Gasteiger partial charge in [-0.1, -0.05) is 102 Å². The fourth-order valence-electron chi connectivity index (χ4n) is 6.34. The molecule has 1 aliphatic carbocycles. The van der Waals surface area contributed by atoms with E-state index in [1.165, 1.54) is 59.4 Å². The van der Waals surface area contributed by atoms with Gasteiger partial charge in [-0.3, -0.25) is 0 Å². The molecule has 1 saturated heterocycles. The summed E-state index contributed by atoms with van der Waals surface area (Å²) in [6, 6.07) is 21.1. The van der Waals surface area contributed by atoms with E-state index in [1.54, 1.807) is 0 Å². The highest BCUT2D eigenvalue weighted by atomic mass is 15.2. The van der Waals surface area contributed by atoms with Crippen LogP contribution in [-0.4, -0.2) is 33.0 Å². The third-order valence-corrected chi connectivity index (χ3v) is 8.73. The average molecular weight is 560 g/mol. The first-order chi connectivity index (χ1) is 20.1. The van der Waals surface area contributed by atoms with Gasteiger partial charge < -0.3 is 4.90 Å². The van der Waals surface area contributed by atoms with Crippen molar-refractivity contribution in [3.8, 4) is 22.5 Å². The molecule has 0 radical (unpaired) electrons. The minimum atomic E-state index is -0.0232. The van der Waals surface area contributed by atoms with Crippen molar-refractivity contribution in [3.63, 3.8) is 0 Å². The van der Waals surface area contributed by atoms with Crippen molar-refractivity contribution < 1.29 is 0 Å². The molecule has 0 atom stereocenters. The summed E-state index contributed by atoms with van der Waals surface area (Å²) < 4.78 is 0. The highest BCUT2D eigenvalue weighted by molar-refractivity contribution is 5.79. The molecule has 218 valence electrons. The zero-order chi connectivity index (χ0) is 29.5. The van der Waals surface area contributed by atoms with Crippen LogP contribution >= 0.6 is 0 Å². The minimum Gasteiger partial charge on any atom is -0.368 e. The van der Waals surface area contributed by atoms with Gasteiger partial charge in [-0.2, -0.15) is 0 Å². The molecular formula is C37H45N5. The molecule has 0 N–H and O–H groups in total. The second-order valence-electron chi connectivity index (χ2n) is 14.2. The maximum Gasteiger partial charge on any atom is 0.134 e. The summed E-state index contributed by atoms with van der Waals surface area (Å²) in [7, 11) is 0. The number of aryl methyl sites for hydroxylation is 1. The molecule has 5 nitrogen and oxygen atoms in total. The molecular weight excluding hydrogens is 514 g/mol. The molecule has 4 aromatic rings. The monoisotopic (exact) mass is 559 g/mol. The number of hydrogen-bond donors (Lipinski definition) is 0. The number of nitrogens with zero attached hydrogens (tertiary/aromatic N) is 5. The summed E-state index contributed by atoms with van der Waals surface area (Å²) in [6.45, 7) is 15.5. The summed E-state index contributed by atoms with van der Waals surface area (Å²) in [6.07, 6.45) is 7.20. The molecule has 2 aromatic carbocycles. The van der Waals surface area contributed by atoms with Crippen molar-refractivity contribution in [2.24, 2.45) is 0 Å². The number of piperidine rings is 1. The first kappa shape index (κ1) is 28.5. The van der Waals surface area contributed by atoms with Crippen molar-refractivity contribution in [2.75, 3.05) is 18.0 Å². The lowest BCUT2D eigenvalue weighted by Gasteiger charge is -2.42. The van der Waals surface area contributed by atoms with Crippen LogP contribution in [0, 0.1) is 0 Å². The second kappa shape index (κ2) is 11.2. The van der Waals surface area contributed by atoms with Gasteiger partial charge in [-0.15, -0.1) is 0 Å². The first-order valence-corrected chi connectivity index (χ1v) is 15.8. The molecule has 4 aliphatic rings. The quantitative estimate of drug-likeness (QED) is 0.247. The zero-order valence-electron chi connectivity index (χ0n) is 26.2. The topological polar surface area (TPSA) is 54.8 Å². The lowest BCUT2D eigenvalue weighted by Crippen LogP contribution is -2.40. The van der Waals surface area contributed by atoms with E-state index in [0.717, 1.165) is 49.0 Å². The second-order valence-corrected chi connectivity index (χ2v) is 14.2. The van der Waals surface area contributed by atoms with Crippen LogP contribution in [0.4, 0.5) is 5.69 Å². The van der Waals surface area contributed by atoms with Gasteiger partial charge in [0, 0.05) is 52.2 Å². The molecule has 8 rings (SSSR count). The van der Waals surface area contributed by atoms with Crippen LogP contribution < -0.4 is 4.90 Å². The Balaban J connectivity index is 0.000000151. The number of benzene rings is 2. The zero-order valence-corrected chi connectivity index (χ0v) is 26.2. The fourth-order valence-corrected chi connectivity index (χ4v) is 6.34. The Morgan fingerprint density at radius 2 is 1.14 bits per heavy atom. The highest BCUT2D eigenvalue weighted by Gasteiger charge is 2.36. The first-order valence-electron chi connectivity index (χ1n) is 15.8. The van der Waals surface area contributed by atoms with Crippen LogP contribution in [0.3, 0.4) is 0 Å². The molecule has 0 spiro atoms. The normalized spacial score (nSPS) is 16.4. The summed E-state index contributed by atoms with van der Waals surface area (Å²) in [5.41, 5.74) is 9.90. The summed E-state index contributed by atoms with van der Waals surface area (Å²) in [5.74, 6) is 2.56. The van der Waals surface area contributed by atoms with Crippen LogP contribution in [0.2, 0.25) is 0 Å². The van der Waals surface area contributed by atoms with E-state index in [2.05, 4.69) is 107 Å². The molecule has 0 amide bonds. The maximum atomic E-state index is 5.00. The van der Waals surface area contributed by atoms with Crippen LogP contribution in [0.5, 0.6) is 0 Å². The van der Waals surface area contributed by atoms with Crippen LogP contribution in [0.25, 0.3) is 22.5 Å². The molecule has 5 heteroatoms. The molecule has 5 heterocycles. The smallest absolute Gasteiger partial charge is 0.134 e. The molecule has 2 aromatic heterocycles. The molecule has 0 saturated carbocycles. The third kappa shape index (κ3) is 5.71. The molecule has 0 unspecified atom stereocenters. The van der Waals surface area contributed by atoms with Crippen molar-refractivity contribution in [3.05, 3.63) is 89.3 Å². The van der Waals surface area contributed by atoms with Gasteiger partial charge in [0.1, 0.15) is 11.6 Å². The van der Waals surface area contributed by atoms with Gasteiger partial charge in [0.15, 0.2) is 0 Å². The Bertz CT molecular complexity index is 1540. The van der Waals surface area contributed by atoms with Crippen molar-refractivity contribution in [2.45, 2.75) is 96.8 Å². The van der Waals surface area contributed by atoms with Crippen molar-refractivity contribution in [1.82, 2.24) is 19.9 Å². The molecule has 2 bridgehead atoms. The Morgan fingerprint density at radius 1 is 0.619 bits per heavy atom. The largest absolute Gasteiger partial charge is 0.368 e. The van der Waals surface area contributed by atoms with Crippen LogP contribution in [0.15, 0.2) is 60.7 Å².